The van der Waals surface area contributed by atoms with Crippen LogP contribution in [0.4, 0.5) is 4.79 Å². The molecule has 0 bridgehead atoms. The van der Waals surface area contributed by atoms with Gasteiger partial charge in [-0.2, -0.15) is 0 Å². The number of nitrogens with one attached hydrogen (secondary N) is 1. The van der Waals surface area contributed by atoms with Crippen molar-refractivity contribution < 1.29 is 9.59 Å². The van der Waals surface area contributed by atoms with Crippen molar-refractivity contribution in [3.63, 3.8) is 0 Å². The molecule has 2 fully saturated rings. The van der Waals surface area contributed by atoms with E-state index in [1.807, 2.05) is 11.8 Å². The number of nitrogens with zero attached hydrogens (tertiary/aromatic N) is 4. The molecule has 138 valence electrons. The molecule has 0 aromatic heterocycles. The van der Waals surface area contributed by atoms with E-state index in [1.165, 1.54) is 0 Å². The van der Waals surface area contributed by atoms with Gasteiger partial charge in [0.15, 0.2) is 0 Å². The average molecular weight is 339 g/mol. The van der Waals surface area contributed by atoms with E-state index in [9.17, 15) is 9.59 Å². The first kappa shape index (κ1) is 19.0. The van der Waals surface area contributed by atoms with Crippen molar-refractivity contribution in [2.45, 2.75) is 32.7 Å². The van der Waals surface area contributed by atoms with Crippen LogP contribution in [0.2, 0.25) is 0 Å². The highest BCUT2D eigenvalue weighted by Gasteiger charge is 2.25. The lowest BCUT2D eigenvalue weighted by Crippen LogP contribution is -2.52. The first-order valence-corrected chi connectivity index (χ1v) is 9.23. The summed E-state index contributed by atoms with van der Waals surface area (Å²) in [6.45, 7) is 11.6. The van der Waals surface area contributed by atoms with Crippen LogP contribution in [0.5, 0.6) is 0 Å². The SMILES string of the molecule is CCCN1CCCN(C(=O)NC(C)CN2CCN(C)CC2)CC1=O. The van der Waals surface area contributed by atoms with E-state index in [1.54, 1.807) is 4.90 Å². The zero-order chi connectivity index (χ0) is 17.5. The summed E-state index contributed by atoms with van der Waals surface area (Å²) >= 11 is 0. The van der Waals surface area contributed by atoms with Crippen LogP contribution in [0.15, 0.2) is 0 Å². The van der Waals surface area contributed by atoms with Crippen LogP contribution in [0.3, 0.4) is 0 Å². The second-order valence-corrected chi connectivity index (χ2v) is 7.11. The van der Waals surface area contributed by atoms with Gasteiger partial charge in [0.1, 0.15) is 6.54 Å². The Morgan fingerprint density at radius 1 is 1.17 bits per heavy atom. The van der Waals surface area contributed by atoms with Crippen LogP contribution in [-0.4, -0.2) is 104 Å². The maximum atomic E-state index is 12.5. The molecule has 0 aliphatic carbocycles. The quantitative estimate of drug-likeness (QED) is 0.781. The van der Waals surface area contributed by atoms with Crippen LogP contribution in [-0.2, 0) is 4.79 Å². The first-order chi connectivity index (χ1) is 11.5. The van der Waals surface area contributed by atoms with E-state index in [0.717, 1.165) is 58.7 Å². The number of piperazine rings is 1. The summed E-state index contributed by atoms with van der Waals surface area (Å²) in [5.74, 6) is 0.0659. The van der Waals surface area contributed by atoms with E-state index in [4.69, 9.17) is 0 Å². The minimum atomic E-state index is -0.108. The fourth-order valence-corrected chi connectivity index (χ4v) is 3.36. The van der Waals surface area contributed by atoms with Crippen molar-refractivity contribution in [2.75, 3.05) is 66.0 Å². The molecule has 2 aliphatic rings. The Labute approximate surface area is 145 Å². The second-order valence-electron chi connectivity index (χ2n) is 7.11. The zero-order valence-corrected chi connectivity index (χ0v) is 15.5. The fourth-order valence-electron chi connectivity index (χ4n) is 3.36. The highest BCUT2D eigenvalue weighted by molar-refractivity contribution is 5.84. The topological polar surface area (TPSA) is 59.1 Å². The van der Waals surface area contributed by atoms with Gasteiger partial charge in [0.2, 0.25) is 5.91 Å². The van der Waals surface area contributed by atoms with Crippen LogP contribution in [0.25, 0.3) is 0 Å². The number of hydrogen-bond acceptors (Lipinski definition) is 4. The molecule has 2 saturated heterocycles. The van der Waals surface area contributed by atoms with Crippen molar-refractivity contribution >= 4 is 11.9 Å². The van der Waals surface area contributed by atoms with Crippen molar-refractivity contribution in [1.29, 1.82) is 0 Å². The molecule has 0 spiro atoms. The third kappa shape index (κ3) is 5.63. The van der Waals surface area contributed by atoms with Crippen LogP contribution in [0.1, 0.15) is 26.7 Å². The Balaban J connectivity index is 1.77. The Hall–Kier alpha value is -1.34. The molecule has 0 aromatic carbocycles. The molecule has 2 rings (SSSR count). The molecule has 3 amide bonds. The molecule has 2 heterocycles. The minimum Gasteiger partial charge on any atom is -0.341 e. The number of carbonyl (C=O) groups is 2. The van der Waals surface area contributed by atoms with Gasteiger partial charge in [-0.25, -0.2) is 4.79 Å². The third-order valence-corrected chi connectivity index (χ3v) is 4.81. The molecule has 7 heteroatoms. The number of urea groups is 1. The van der Waals surface area contributed by atoms with Gasteiger partial charge in [0, 0.05) is 58.4 Å². The third-order valence-electron chi connectivity index (χ3n) is 4.81. The van der Waals surface area contributed by atoms with Gasteiger partial charge in [0.25, 0.3) is 0 Å². The molecule has 0 aromatic rings. The molecule has 0 saturated carbocycles. The Kier molecular flexibility index (Phi) is 7.30. The van der Waals surface area contributed by atoms with Gasteiger partial charge in [-0.05, 0) is 26.8 Å². The van der Waals surface area contributed by atoms with E-state index >= 15 is 0 Å². The van der Waals surface area contributed by atoms with Gasteiger partial charge in [0.05, 0.1) is 0 Å². The normalized spacial score (nSPS) is 22.4. The molecule has 1 atom stereocenters. The summed E-state index contributed by atoms with van der Waals surface area (Å²) in [7, 11) is 2.14. The predicted molar refractivity (Wildman–Crippen MR) is 95.0 cm³/mol. The van der Waals surface area contributed by atoms with Crippen LogP contribution >= 0.6 is 0 Å². The molecular weight excluding hydrogens is 306 g/mol. The van der Waals surface area contributed by atoms with E-state index in [2.05, 4.69) is 29.1 Å². The molecule has 7 nitrogen and oxygen atoms in total. The van der Waals surface area contributed by atoms with Crippen molar-refractivity contribution in [3.8, 4) is 0 Å². The van der Waals surface area contributed by atoms with E-state index in [-0.39, 0.29) is 24.5 Å². The molecular formula is C17H33N5O2. The summed E-state index contributed by atoms with van der Waals surface area (Å²) in [4.78, 5) is 33.0. The van der Waals surface area contributed by atoms with E-state index in [0.29, 0.717) is 6.54 Å². The Morgan fingerprint density at radius 3 is 2.54 bits per heavy atom. The molecule has 0 radical (unpaired) electrons. The van der Waals surface area contributed by atoms with Gasteiger partial charge in [-0.1, -0.05) is 6.92 Å². The largest absolute Gasteiger partial charge is 0.341 e. The highest BCUT2D eigenvalue weighted by atomic mass is 16.2. The second kappa shape index (κ2) is 9.22. The van der Waals surface area contributed by atoms with Crippen LogP contribution in [0, 0.1) is 0 Å². The number of carbonyl (C=O) groups excluding carboxylic acids is 2. The maximum absolute atomic E-state index is 12.5. The zero-order valence-electron chi connectivity index (χ0n) is 15.5. The number of amides is 3. The minimum absolute atomic E-state index is 0.0659. The molecule has 1 N–H and O–H groups in total. The molecule has 2 aliphatic heterocycles. The Morgan fingerprint density at radius 2 is 1.88 bits per heavy atom. The van der Waals surface area contributed by atoms with Gasteiger partial charge in [-0.15, -0.1) is 0 Å². The van der Waals surface area contributed by atoms with Crippen LogP contribution < -0.4 is 5.32 Å². The fraction of sp³-hybridized carbons (Fsp3) is 0.882. The summed E-state index contributed by atoms with van der Waals surface area (Å²) < 4.78 is 0. The summed E-state index contributed by atoms with van der Waals surface area (Å²) in [6.07, 6.45) is 1.81. The highest BCUT2D eigenvalue weighted by Crippen LogP contribution is 2.06. The summed E-state index contributed by atoms with van der Waals surface area (Å²) in [6, 6.07) is -0.0191. The standard InChI is InChI=1S/C17H33N5O2/c1-4-6-21-7-5-8-22(14-16(21)23)17(24)18-15(2)13-20-11-9-19(3)10-12-20/h15H,4-14H2,1-3H3,(H,18,24). The molecule has 24 heavy (non-hydrogen) atoms. The number of rotatable bonds is 5. The Bertz CT molecular complexity index is 423. The van der Waals surface area contributed by atoms with Gasteiger partial charge in [-0.3, -0.25) is 9.69 Å². The lowest BCUT2D eigenvalue weighted by molar-refractivity contribution is -0.130. The smallest absolute Gasteiger partial charge is 0.318 e. The maximum Gasteiger partial charge on any atom is 0.318 e. The number of hydrogen-bond donors (Lipinski definition) is 1. The molecule has 1 unspecified atom stereocenters. The van der Waals surface area contributed by atoms with Crippen molar-refractivity contribution in [2.24, 2.45) is 0 Å². The average Bonchev–Trinajstić information content (AvgIpc) is 2.72. The lowest BCUT2D eigenvalue weighted by atomic mass is 10.2. The first-order valence-electron chi connectivity index (χ1n) is 9.23. The van der Waals surface area contributed by atoms with E-state index < -0.39 is 0 Å². The monoisotopic (exact) mass is 339 g/mol. The van der Waals surface area contributed by atoms with Crippen molar-refractivity contribution in [3.05, 3.63) is 0 Å². The van der Waals surface area contributed by atoms with Gasteiger partial charge < -0.3 is 20.0 Å². The predicted octanol–water partition coefficient (Wildman–Crippen LogP) is 0.276. The van der Waals surface area contributed by atoms with Crippen molar-refractivity contribution in [1.82, 2.24) is 24.9 Å². The summed E-state index contributed by atoms with van der Waals surface area (Å²) in [5, 5.41) is 3.06. The lowest BCUT2D eigenvalue weighted by Gasteiger charge is -2.34. The summed E-state index contributed by atoms with van der Waals surface area (Å²) in [5.41, 5.74) is 0. The number of likely N-dealkylation sites (N-methyl/N-ethyl adjacent to an activating group) is 1. The van der Waals surface area contributed by atoms with Gasteiger partial charge >= 0.3 is 6.03 Å².